The van der Waals surface area contributed by atoms with E-state index in [0.29, 0.717) is 11.3 Å². The summed E-state index contributed by atoms with van der Waals surface area (Å²) in [6.07, 6.45) is 0. The van der Waals surface area contributed by atoms with Crippen LogP contribution in [0.1, 0.15) is 26.3 Å². The number of carbonyl (C=O) groups excluding carboxylic acids is 2. The van der Waals surface area contributed by atoms with E-state index in [1.54, 1.807) is 25.1 Å². The van der Waals surface area contributed by atoms with E-state index in [1.807, 2.05) is 0 Å². The summed E-state index contributed by atoms with van der Waals surface area (Å²) in [4.78, 5) is 23.3. The van der Waals surface area contributed by atoms with Crippen LogP contribution < -0.4 is 5.32 Å². The quantitative estimate of drug-likeness (QED) is 0.882. The van der Waals surface area contributed by atoms with Crippen LogP contribution in [0.4, 0.5) is 10.1 Å². The van der Waals surface area contributed by atoms with E-state index in [2.05, 4.69) is 10.1 Å². The number of benzene rings is 2. The van der Waals surface area contributed by atoms with Crippen molar-refractivity contribution < 1.29 is 18.7 Å². The molecule has 0 atom stereocenters. The van der Waals surface area contributed by atoms with Gasteiger partial charge in [-0.25, -0.2) is 9.18 Å². The molecule has 1 amide bonds. The molecular formula is C16H14FNO3. The summed E-state index contributed by atoms with van der Waals surface area (Å²) in [5.41, 5.74) is 1.61. The van der Waals surface area contributed by atoms with Gasteiger partial charge in [0.1, 0.15) is 5.82 Å². The molecule has 0 aliphatic carbocycles. The Morgan fingerprint density at radius 2 is 1.76 bits per heavy atom. The molecule has 5 heteroatoms. The monoisotopic (exact) mass is 287 g/mol. The lowest BCUT2D eigenvalue weighted by atomic mass is 10.1. The van der Waals surface area contributed by atoms with Gasteiger partial charge in [0.25, 0.3) is 5.91 Å². The summed E-state index contributed by atoms with van der Waals surface area (Å²) in [6.45, 7) is 1.78. The van der Waals surface area contributed by atoms with Gasteiger partial charge < -0.3 is 10.1 Å². The summed E-state index contributed by atoms with van der Waals surface area (Å²) in [5, 5.41) is 2.58. The highest BCUT2D eigenvalue weighted by molar-refractivity contribution is 6.04. The number of rotatable bonds is 3. The van der Waals surface area contributed by atoms with E-state index >= 15 is 0 Å². The third-order valence-electron chi connectivity index (χ3n) is 2.93. The van der Waals surface area contributed by atoms with Crippen LogP contribution in [0.25, 0.3) is 0 Å². The molecule has 2 rings (SSSR count). The van der Waals surface area contributed by atoms with Crippen molar-refractivity contribution in [2.24, 2.45) is 0 Å². The van der Waals surface area contributed by atoms with Crippen LogP contribution in [-0.4, -0.2) is 19.0 Å². The predicted molar refractivity (Wildman–Crippen MR) is 76.9 cm³/mol. The fourth-order valence-electron chi connectivity index (χ4n) is 1.82. The van der Waals surface area contributed by atoms with Crippen LogP contribution in [0.15, 0.2) is 42.5 Å². The molecule has 108 valence electrons. The Hall–Kier alpha value is -2.69. The molecule has 4 nitrogen and oxygen atoms in total. The molecule has 0 aliphatic heterocycles. The molecule has 0 saturated carbocycles. The zero-order valence-electron chi connectivity index (χ0n) is 11.6. The Balaban J connectivity index is 2.16. The lowest BCUT2D eigenvalue weighted by Crippen LogP contribution is -2.14. The van der Waals surface area contributed by atoms with Gasteiger partial charge in [0.15, 0.2) is 0 Å². The van der Waals surface area contributed by atoms with Gasteiger partial charge in [-0.2, -0.15) is 0 Å². The molecule has 1 N–H and O–H groups in total. The van der Waals surface area contributed by atoms with Crippen LogP contribution in [0.5, 0.6) is 0 Å². The third-order valence-corrected chi connectivity index (χ3v) is 2.93. The molecule has 0 saturated heterocycles. The molecule has 2 aromatic rings. The molecule has 0 aromatic heterocycles. The Labute approximate surface area is 121 Å². The zero-order chi connectivity index (χ0) is 15.4. The first-order valence-electron chi connectivity index (χ1n) is 6.27. The number of methoxy groups -OCH3 is 1. The van der Waals surface area contributed by atoms with Gasteiger partial charge in [-0.1, -0.05) is 11.6 Å². The average Bonchev–Trinajstić information content (AvgIpc) is 2.49. The SMILES string of the molecule is COC(=O)c1ccc(NC(=O)c2cc(C)ccc2F)cc1. The molecule has 2 aromatic carbocycles. The molecule has 0 bridgehead atoms. The lowest BCUT2D eigenvalue weighted by Gasteiger charge is -2.07. The Morgan fingerprint density at radius 3 is 2.38 bits per heavy atom. The highest BCUT2D eigenvalue weighted by Gasteiger charge is 2.12. The van der Waals surface area contributed by atoms with Crippen molar-refractivity contribution in [3.8, 4) is 0 Å². The minimum absolute atomic E-state index is 0.0213. The second-order valence-electron chi connectivity index (χ2n) is 4.51. The van der Waals surface area contributed by atoms with E-state index in [0.717, 1.165) is 5.56 Å². The molecule has 0 spiro atoms. The topological polar surface area (TPSA) is 55.4 Å². The molecule has 0 radical (unpaired) electrons. The number of nitrogens with one attached hydrogen (secondary N) is 1. The highest BCUT2D eigenvalue weighted by atomic mass is 19.1. The van der Waals surface area contributed by atoms with Gasteiger partial charge in [-0.3, -0.25) is 4.79 Å². The van der Waals surface area contributed by atoms with Crippen molar-refractivity contribution in [1.29, 1.82) is 0 Å². The number of ether oxygens (including phenoxy) is 1. The van der Waals surface area contributed by atoms with Gasteiger partial charge in [0.05, 0.1) is 18.2 Å². The van der Waals surface area contributed by atoms with Gasteiger partial charge >= 0.3 is 5.97 Å². The van der Waals surface area contributed by atoms with Crippen molar-refractivity contribution in [2.45, 2.75) is 6.92 Å². The first-order chi connectivity index (χ1) is 10.0. The largest absolute Gasteiger partial charge is 0.465 e. The van der Waals surface area contributed by atoms with E-state index < -0.39 is 17.7 Å². The number of hydrogen-bond donors (Lipinski definition) is 1. The second-order valence-corrected chi connectivity index (χ2v) is 4.51. The van der Waals surface area contributed by atoms with Gasteiger partial charge in [-0.15, -0.1) is 0 Å². The van der Waals surface area contributed by atoms with E-state index in [1.165, 1.54) is 31.4 Å². The summed E-state index contributed by atoms with van der Waals surface area (Å²) >= 11 is 0. The fourth-order valence-corrected chi connectivity index (χ4v) is 1.82. The maximum Gasteiger partial charge on any atom is 0.337 e. The molecule has 21 heavy (non-hydrogen) atoms. The van der Waals surface area contributed by atoms with Gasteiger partial charge in [-0.05, 0) is 43.3 Å². The van der Waals surface area contributed by atoms with E-state index in [4.69, 9.17) is 0 Å². The number of anilines is 1. The second kappa shape index (κ2) is 6.17. The van der Waals surface area contributed by atoms with Crippen LogP contribution in [0.3, 0.4) is 0 Å². The average molecular weight is 287 g/mol. The molecule has 0 aliphatic rings. The van der Waals surface area contributed by atoms with Crippen molar-refractivity contribution in [3.63, 3.8) is 0 Å². The number of hydrogen-bond acceptors (Lipinski definition) is 3. The molecule has 0 heterocycles. The minimum Gasteiger partial charge on any atom is -0.465 e. The van der Waals surface area contributed by atoms with Crippen molar-refractivity contribution in [3.05, 3.63) is 65.0 Å². The predicted octanol–water partition coefficient (Wildman–Crippen LogP) is 3.17. The highest BCUT2D eigenvalue weighted by Crippen LogP contribution is 2.15. The Bertz CT molecular complexity index is 680. The molecule has 0 unspecified atom stereocenters. The zero-order valence-corrected chi connectivity index (χ0v) is 11.6. The van der Waals surface area contributed by atoms with Gasteiger partial charge in [0.2, 0.25) is 0 Å². The van der Waals surface area contributed by atoms with E-state index in [9.17, 15) is 14.0 Å². The normalized spacial score (nSPS) is 10.0. The Morgan fingerprint density at radius 1 is 1.10 bits per heavy atom. The molecule has 0 fully saturated rings. The van der Waals surface area contributed by atoms with Crippen LogP contribution in [-0.2, 0) is 4.74 Å². The van der Waals surface area contributed by atoms with Crippen molar-refractivity contribution >= 4 is 17.6 Å². The first-order valence-corrected chi connectivity index (χ1v) is 6.27. The molecular weight excluding hydrogens is 273 g/mol. The van der Waals surface area contributed by atoms with Crippen LogP contribution in [0.2, 0.25) is 0 Å². The van der Waals surface area contributed by atoms with Crippen molar-refractivity contribution in [2.75, 3.05) is 12.4 Å². The van der Waals surface area contributed by atoms with Crippen LogP contribution in [0, 0.1) is 12.7 Å². The smallest absolute Gasteiger partial charge is 0.337 e. The standard InChI is InChI=1S/C16H14FNO3/c1-10-3-8-14(17)13(9-10)15(19)18-12-6-4-11(5-7-12)16(20)21-2/h3-9H,1-2H3,(H,18,19). The lowest BCUT2D eigenvalue weighted by molar-refractivity contribution is 0.0600. The summed E-state index contributed by atoms with van der Waals surface area (Å²) < 4.78 is 18.2. The fraction of sp³-hybridized carbons (Fsp3) is 0.125. The maximum absolute atomic E-state index is 13.6. The van der Waals surface area contributed by atoms with E-state index in [-0.39, 0.29) is 5.56 Å². The Kier molecular flexibility index (Phi) is 4.33. The minimum atomic E-state index is -0.579. The third kappa shape index (κ3) is 3.45. The summed E-state index contributed by atoms with van der Waals surface area (Å²) in [5.74, 6) is -1.58. The summed E-state index contributed by atoms with van der Waals surface area (Å²) in [7, 11) is 1.29. The number of esters is 1. The maximum atomic E-state index is 13.6. The van der Waals surface area contributed by atoms with Crippen molar-refractivity contribution in [1.82, 2.24) is 0 Å². The first kappa shape index (κ1) is 14.7. The number of halogens is 1. The van der Waals surface area contributed by atoms with Crippen LogP contribution >= 0.6 is 0 Å². The van der Waals surface area contributed by atoms with Gasteiger partial charge in [0, 0.05) is 5.69 Å². The summed E-state index contributed by atoms with van der Waals surface area (Å²) in [6, 6.07) is 10.5. The number of amides is 1. The number of aryl methyl sites for hydroxylation is 1. The number of carbonyl (C=O) groups is 2.